The van der Waals surface area contributed by atoms with Gasteiger partial charge in [0.15, 0.2) is 0 Å². The molecule has 0 aliphatic carbocycles. The maximum atomic E-state index is 13.3. The Morgan fingerprint density at radius 2 is 1.89 bits per heavy atom. The highest BCUT2D eigenvalue weighted by atomic mass is 19.1. The fraction of sp³-hybridized carbons (Fsp3) is 0.125. The second-order valence-corrected chi connectivity index (χ2v) is 4.67. The van der Waals surface area contributed by atoms with Gasteiger partial charge in [-0.15, -0.1) is 0 Å². The zero-order chi connectivity index (χ0) is 13.4. The minimum absolute atomic E-state index is 0.222. The van der Waals surface area contributed by atoms with Gasteiger partial charge in [0.25, 0.3) is 0 Å². The van der Waals surface area contributed by atoms with Gasteiger partial charge in [0.1, 0.15) is 17.2 Å². The first-order valence-corrected chi connectivity index (χ1v) is 6.15. The molecule has 1 heterocycles. The minimum atomic E-state index is -0.383. The van der Waals surface area contributed by atoms with Gasteiger partial charge in [0.2, 0.25) is 0 Å². The van der Waals surface area contributed by atoms with Crippen LogP contribution >= 0.6 is 0 Å². The lowest BCUT2D eigenvalue weighted by molar-refractivity contribution is 0.524. The number of benzene rings is 2. The number of rotatable bonds is 2. The third-order valence-corrected chi connectivity index (χ3v) is 3.29. The van der Waals surface area contributed by atoms with E-state index in [1.807, 2.05) is 30.3 Å². The van der Waals surface area contributed by atoms with Gasteiger partial charge in [-0.2, -0.15) is 0 Å². The predicted octanol–water partition coefficient (Wildman–Crippen LogP) is 3.93. The van der Waals surface area contributed by atoms with Gasteiger partial charge in [-0.1, -0.05) is 30.3 Å². The van der Waals surface area contributed by atoms with E-state index < -0.39 is 0 Å². The zero-order valence-corrected chi connectivity index (χ0v) is 10.6. The Labute approximate surface area is 110 Å². The number of para-hydroxylation sites is 1. The molecule has 0 fully saturated rings. The molecule has 0 spiro atoms. The lowest BCUT2D eigenvalue weighted by Crippen LogP contribution is -2.11. The van der Waals surface area contributed by atoms with Gasteiger partial charge >= 0.3 is 0 Å². The van der Waals surface area contributed by atoms with Crippen LogP contribution in [0.2, 0.25) is 0 Å². The van der Waals surface area contributed by atoms with Crippen molar-refractivity contribution in [2.75, 3.05) is 0 Å². The molecule has 1 atom stereocenters. The van der Waals surface area contributed by atoms with Crippen molar-refractivity contribution in [3.05, 3.63) is 71.2 Å². The third-order valence-electron chi connectivity index (χ3n) is 3.29. The molecule has 2 aromatic carbocycles. The van der Waals surface area contributed by atoms with Crippen LogP contribution in [0.5, 0.6) is 0 Å². The van der Waals surface area contributed by atoms with Crippen LogP contribution in [0, 0.1) is 12.7 Å². The van der Waals surface area contributed by atoms with Crippen LogP contribution in [0.25, 0.3) is 11.0 Å². The fourth-order valence-corrected chi connectivity index (χ4v) is 2.18. The molecule has 1 unspecified atom stereocenters. The maximum absolute atomic E-state index is 13.3. The van der Waals surface area contributed by atoms with Crippen molar-refractivity contribution in [1.82, 2.24) is 0 Å². The molecule has 0 bridgehead atoms. The molecule has 0 radical (unpaired) electrons. The van der Waals surface area contributed by atoms with Crippen molar-refractivity contribution in [3.8, 4) is 0 Å². The molecular weight excluding hydrogens is 241 g/mol. The molecule has 2 N–H and O–H groups in total. The Morgan fingerprint density at radius 1 is 1.11 bits per heavy atom. The molecule has 0 saturated carbocycles. The van der Waals surface area contributed by atoms with Crippen molar-refractivity contribution in [1.29, 1.82) is 0 Å². The molecule has 0 aliphatic heterocycles. The Bertz CT molecular complexity index is 699. The summed E-state index contributed by atoms with van der Waals surface area (Å²) in [5.74, 6) is 0.466. The quantitative estimate of drug-likeness (QED) is 0.753. The summed E-state index contributed by atoms with van der Waals surface area (Å²) in [6.07, 6.45) is 0. The lowest BCUT2D eigenvalue weighted by Gasteiger charge is -2.10. The van der Waals surface area contributed by atoms with Gasteiger partial charge < -0.3 is 10.2 Å². The number of hydrogen-bond acceptors (Lipinski definition) is 2. The largest absolute Gasteiger partial charge is 0.459 e. The summed E-state index contributed by atoms with van der Waals surface area (Å²) >= 11 is 0. The standard InChI is InChI=1S/C16H14FNO/c1-10-8-12(6-7-13(10)17)16(18)15-9-11-4-2-3-5-14(11)19-15/h2-9,16H,18H2,1H3. The lowest BCUT2D eigenvalue weighted by atomic mass is 10.0. The Balaban J connectivity index is 2.02. The second-order valence-electron chi connectivity index (χ2n) is 4.67. The van der Waals surface area contributed by atoms with Crippen molar-refractivity contribution < 1.29 is 8.81 Å². The van der Waals surface area contributed by atoms with Crippen LogP contribution in [-0.2, 0) is 0 Å². The highest BCUT2D eigenvalue weighted by Gasteiger charge is 2.15. The number of furan rings is 1. The van der Waals surface area contributed by atoms with Crippen LogP contribution in [0.3, 0.4) is 0 Å². The number of aryl methyl sites for hydroxylation is 1. The van der Waals surface area contributed by atoms with Crippen LogP contribution in [0.15, 0.2) is 52.9 Å². The smallest absolute Gasteiger partial charge is 0.134 e. The van der Waals surface area contributed by atoms with E-state index in [-0.39, 0.29) is 11.9 Å². The van der Waals surface area contributed by atoms with Crippen LogP contribution < -0.4 is 5.73 Å². The number of hydrogen-bond donors (Lipinski definition) is 1. The molecule has 0 aliphatic rings. The molecule has 3 heteroatoms. The van der Waals surface area contributed by atoms with Gasteiger partial charge in [-0.3, -0.25) is 0 Å². The molecule has 1 aromatic heterocycles. The molecule has 19 heavy (non-hydrogen) atoms. The minimum Gasteiger partial charge on any atom is -0.459 e. The summed E-state index contributed by atoms with van der Waals surface area (Å²) in [5, 5.41) is 1.02. The average Bonchev–Trinajstić information content (AvgIpc) is 2.85. The Kier molecular flexibility index (Phi) is 2.84. The highest BCUT2D eigenvalue weighted by molar-refractivity contribution is 5.77. The summed E-state index contributed by atoms with van der Waals surface area (Å²) in [4.78, 5) is 0. The van der Waals surface area contributed by atoms with Gasteiger partial charge in [-0.05, 0) is 36.2 Å². The van der Waals surface area contributed by atoms with Gasteiger partial charge in [-0.25, -0.2) is 4.39 Å². The van der Waals surface area contributed by atoms with Crippen LogP contribution in [0.1, 0.15) is 22.9 Å². The summed E-state index contributed by atoms with van der Waals surface area (Å²) in [5.41, 5.74) is 8.43. The van der Waals surface area contributed by atoms with Gasteiger partial charge in [0, 0.05) is 5.39 Å². The monoisotopic (exact) mass is 255 g/mol. The molecule has 3 rings (SSSR count). The first-order valence-electron chi connectivity index (χ1n) is 6.15. The molecule has 3 aromatic rings. The van der Waals surface area contributed by atoms with E-state index in [1.54, 1.807) is 19.1 Å². The average molecular weight is 255 g/mol. The fourth-order valence-electron chi connectivity index (χ4n) is 2.18. The Morgan fingerprint density at radius 3 is 2.63 bits per heavy atom. The summed E-state index contributed by atoms with van der Waals surface area (Å²) in [6.45, 7) is 1.73. The van der Waals surface area contributed by atoms with E-state index in [2.05, 4.69) is 0 Å². The van der Waals surface area contributed by atoms with E-state index in [0.29, 0.717) is 11.3 Å². The first-order chi connectivity index (χ1) is 9.15. The topological polar surface area (TPSA) is 39.2 Å². The van der Waals surface area contributed by atoms with Crippen molar-refractivity contribution in [3.63, 3.8) is 0 Å². The van der Waals surface area contributed by atoms with E-state index >= 15 is 0 Å². The molecule has 0 saturated heterocycles. The number of halogens is 1. The Hall–Kier alpha value is -2.13. The molecule has 2 nitrogen and oxygen atoms in total. The summed E-state index contributed by atoms with van der Waals surface area (Å²) in [7, 11) is 0. The summed E-state index contributed by atoms with van der Waals surface area (Å²) in [6, 6.07) is 14.2. The van der Waals surface area contributed by atoms with Crippen molar-refractivity contribution in [2.45, 2.75) is 13.0 Å². The normalized spacial score (nSPS) is 12.8. The number of fused-ring (bicyclic) bond motifs is 1. The van der Waals surface area contributed by atoms with Crippen LogP contribution in [0.4, 0.5) is 4.39 Å². The van der Waals surface area contributed by atoms with E-state index in [4.69, 9.17) is 10.2 Å². The molecule has 0 amide bonds. The summed E-state index contributed by atoms with van der Waals surface area (Å²) < 4.78 is 19.0. The van der Waals surface area contributed by atoms with E-state index in [9.17, 15) is 4.39 Å². The van der Waals surface area contributed by atoms with Crippen molar-refractivity contribution in [2.24, 2.45) is 5.73 Å². The van der Waals surface area contributed by atoms with Crippen LogP contribution in [-0.4, -0.2) is 0 Å². The molecule has 96 valence electrons. The highest BCUT2D eigenvalue weighted by Crippen LogP contribution is 2.27. The zero-order valence-electron chi connectivity index (χ0n) is 10.6. The maximum Gasteiger partial charge on any atom is 0.134 e. The van der Waals surface area contributed by atoms with Crippen molar-refractivity contribution >= 4 is 11.0 Å². The van der Waals surface area contributed by atoms with E-state index in [0.717, 1.165) is 16.5 Å². The van der Waals surface area contributed by atoms with E-state index in [1.165, 1.54) is 6.07 Å². The predicted molar refractivity (Wildman–Crippen MR) is 73.4 cm³/mol. The SMILES string of the molecule is Cc1cc(C(N)c2cc3ccccc3o2)ccc1F. The van der Waals surface area contributed by atoms with Gasteiger partial charge in [0.05, 0.1) is 6.04 Å². The second kappa shape index (κ2) is 4.52. The molecular formula is C16H14FNO. The third kappa shape index (κ3) is 2.13. The number of nitrogens with two attached hydrogens (primary N) is 1. The first kappa shape index (κ1) is 11.9.